The Morgan fingerprint density at radius 3 is 2.91 bits per heavy atom. The molecule has 1 unspecified atom stereocenters. The number of piperidine rings is 1. The summed E-state index contributed by atoms with van der Waals surface area (Å²) < 4.78 is 20.0. The molecule has 1 fully saturated rings. The fourth-order valence-corrected chi connectivity index (χ4v) is 4.76. The largest absolute Gasteiger partial charge is 0.482 e. The number of amides is 1. The number of aromatic nitrogens is 1. The number of nitrogens with one attached hydrogen (secondary N) is 1. The molecule has 4 heterocycles. The number of fused-ring (bicyclic) bond motifs is 1. The quantitative estimate of drug-likeness (QED) is 0.714. The smallest absolute Gasteiger partial charge is 0.260 e. The number of anilines is 2. The van der Waals surface area contributed by atoms with Gasteiger partial charge in [0, 0.05) is 48.3 Å². The maximum absolute atomic E-state index is 13.8. The van der Waals surface area contributed by atoms with Crippen LogP contribution in [0.25, 0.3) is 11.1 Å². The molecule has 32 heavy (non-hydrogen) atoms. The lowest BCUT2D eigenvalue weighted by molar-refractivity contribution is -0.111. The van der Waals surface area contributed by atoms with Crippen LogP contribution in [-0.4, -0.2) is 41.3 Å². The molecule has 0 bridgehead atoms. The third kappa shape index (κ3) is 3.56. The number of hydrogen-bond donors (Lipinski definition) is 2. The Labute approximate surface area is 186 Å². The van der Waals surface area contributed by atoms with Crippen LogP contribution < -0.4 is 10.2 Å². The predicted molar refractivity (Wildman–Crippen MR) is 121 cm³/mol. The van der Waals surface area contributed by atoms with Crippen LogP contribution in [0, 0.1) is 11.7 Å². The number of benzene rings is 1. The highest BCUT2D eigenvalue weighted by molar-refractivity contribution is 6.32. The summed E-state index contributed by atoms with van der Waals surface area (Å²) in [7, 11) is 0. The zero-order chi connectivity index (χ0) is 22.5. The first kappa shape index (κ1) is 20.7. The SMILES string of the molecule is CC1(C)OC(=C2C(=O)Nc3ccc(F)cc32)C=C1c1ccc(N2CCCC(CO)C2)nc1. The molecule has 1 aromatic heterocycles. The van der Waals surface area contributed by atoms with Crippen molar-refractivity contribution in [3.05, 3.63) is 65.3 Å². The Balaban J connectivity index is 1.48. The second kappa shape index (κ2) is 7.74. The van der Waals surface area contributed by atoms with E-state index in [0.29, 0.717) is 22.6 Å². The molecule has 166 valence electrons. The number of pyridine rings is 1. The molecule has 2 aromatic rings. The summed E-state index contributed by atoms with van der Waals surface area (Å²) in [4.78, 5) is 19.5. The highest BCUT2D eigenvalue weighted by atomic mass is 19.1. The fourth-order valence-electron chi connectivity index (χ4n) is 4.76. The van der Waals surface area contributed by atoms with E-state index in [1.807, 2.05) is 38.3 Å². The number of allylic oxidation sites excluding steroid dienone is 1. The molecule has 0 radical (unpaired) electrons. The molecule has 1 saturated heterocycles. The van der Waals surface area contributed by atoms with Crippen molar-refractivity contribution in [2.75, 3.05) is 29.9 Å². The van der Waals surface area contributed by atoms with Crippen molar-refractivity contribution in [3.8, 4) is 0 Å². The first-order valence-electron chi connectivity index (χ1n) is 10.9. The summed E-state index contributed by atoms with van der Waals surface area (Å²) in [5, 5.41) is 12.3. The maximum Gasteiger partial charge on any atom is 0.260 e. The van der Waals surface area contributed by atoms with E-state index in [4.69, 9.17) is 4.74 Å². The maximum atomic E-state index is 13.8. The van der Waals surface area contributed by atoms with Crippen LogP contribution in [0.2, 0.25) is 0 Å². The Bertz CT molecular complexity index is 1140. The molecule has 1 aromatic carbocycles. The molecule has 0 saturated carbocycles. The van der Waals surface area contributed by atoms with Gasteiger partial charge in [-0.2, -0.15) is 0 Å². The van der Waals surface area contributed by atoms with Crippen molar-refractivity contribution in [1.82, 2.24) is 4.98 Å². The van der Waals surface area contributed by atoms with Gasteiger partial charge in [0.15, 0.2) is 0 Å². The van der Waals surface area contributed by atoms with E-state index in [9.17, 15) is 14.3 Å². The number of aliphatic hydroxyl groups is 1. The summed E-state index contributed by atoms with van der Waals surface area (Å²) in [5.41, 5.74) is 2.57. The van der Waals surface area contributed by atoms with Gasteiger partial charge in [-0.05, 0) is 69.0 Å². The van der Waals surface area contributed by atoms with Crippen LogP contribution in [0.4, 0.5) is 15.9 Å². The summed E-state index contributed by atoms with van der Waals surface area (Å²) >= 11 is 0. The second-order valence-electron chi connectivity index (χ2n) is 9.10. The summed E-state index contributed by atoms with van der Waals surface area (Å²) in [6.07, 6.45) is 5.77. The van der Waals surface area contributed by atoms with Crippen molar-refractivity contribution in [2.45, 2.75) is 32.3 Å². The van der Waals surface area contributed by atoms with Crippen LogP contribution in [0.15, 0.2) is 48.4 Å². The number of rotatable bonds is 3. The average molecular weight is 435 g/mol. The third-order valence-corrected chi connectivity index (χ3v) is 6.42. The molecule has 3 aliphatic rings. The van der Waals surface area contributed by atoms with Gasteiger partial charge in [-0.3, -0.25) is 4.79 Å². The molecule has 0 spiro atoms. The van der Waals surface area contributed by atoms with Gasteiger partial charge in [-0.25, -0.2) is 9.37 Å². The Morgan fingerprint density at radius 1 is 1.31 bits per heavy atom. The zero-order valence-electron chi connectivity index (χ0n) is 18.2. The molecule has 2 N–H and O–H groups in total. The molecule has 0 aliphatic carbocycles. The number of carbonyl (C=O) groups excluding carboxylic acids is 1. The van der Waals surface area contributed by atoms with Crippen LogP contribution >= 0.6 is 0 Å². The molecular formula is C25H26FN3O3. The Kier molecular flexibility index (Phi) is 5.01. The van der Waals surface area contributed by atoms with Crippen molar-refractivity contribution >= 4 is 28.6 Å². The summed E-state index contributed by atoms with van der Waals surface area (Å²) in [5.74, 6) is 0.904. The molecular weight excluding hydrogens is 409 g/mol. The van der Waals surface area contributed by atoms with Gasteiger partial charge < -0.3 is 20.1 Å². The number of carbonyl (C=O) groups is 1. The topological polar surface area (TPSA) is 74.7 Å². The minimum atomic E-state index is -0.672. The van der Waals surface area contributed by atoms with Gasteiger partial charge in [0.1, 0.15) is 23.0 Å². The Hall–Kier alpha value is -3.19. The van der Waals surface area contributed by atoms with Crippen LogP contribution in [-0.2, 0) is 9.53 Å². The number of ether oxygens (including phenoxy) is 1. The van der Waals surface area contributed by atoms with E-state index in [1.54, 1.807) is 6.07 Å². The van der Waals surface area contributed by atoms with E-state index in [0.717, 1.165) is 42.9 Å². The van der Waals surface area contributed by atoms with E-state index >= 15 is 0 Å². The lowest BCUT2D eigenvalue weighted by Crippen LogP contribution is -2.37. The monoisotopic (exact) mass is 435 g/mol. The van der Waals surface area contributed by atoms with Gasteiger partial charge >= 0.3 is 0 Å². The molecule has 5 rings (SSSR count). The summed E-state index contributed by atoms with van der Waals surface area (Å²) in [6.45, 7) is 5.82. The van der Waals surface area contributed by atoms with Gasteiger partial charge in [0.05, 0.1) is 5.57 Å². The standard InChI is InChI=1S/C25H26FN3O3/c1-25(2)19(16-5-8-22(27-12-16)29-9-3-4-15(13-29)14-30)11-21(32-25)23-18-10-17(26)6-7-20(18)28-24(23)31/h5-8,10-12,15,30H,3-4,9,13-14H2,1-2H3,(H,28,31). The number of nitrogens with zero attached hydrogens (tertiary/aromatic N) is 2. The fraction of sp³-hybridized carbons (Fsp3) is 0.360. The minimum Gasteiger partial charge on any atom is -0.482 e. The van der Waals surface area contributed by atoms with Crippen LogP contribution in [0.1, 0.15) is 37.8 Å². The number of aliphatic hydroxyl groups excluding tert-OH is 1. The van der Waals surface area contributed by atoms with Crippen molar-refractivity contribution in [3.63, 3.8) is 0 Å². The molecule has 7 heteroatoms. The van der Waals surface area contributed by atoms with E-state index in [2.05, 4.69) is 15.2 Å². The first-order chi connectivity index (χ1) is 15.4. The first-order valence-corrected chi connectivity index (χ1v) is 10.9. The van der Waals surface area contributed by atoms with Crippen molar-refractivity contribution < 1.29 is 19.0 Å². The van der Waals surface area contributed by atoms with Crippen molar-refractivity contribution in [2.24, 2.45) is 5.92 Å². The molecule has 1 atom stereocenters. The Morgan fingerprint density at radius 2 is 2.16 bits per heavy atom. The highest BCUT2D eigenvalue weighted by Gasteiger charge is 2.38. The van der Waals surface area contributed by atoms with Crippen LogP contribution in [0.5, 0.6) is 0 Å². The van der Waals surface area contributed by atoms with Gasteiger partial charge in [-0.15, -0.1) is 0 Å². The van der Waals surface area contributed by atoms with Gasteiger partial charge in [0.2, 0.25) is 0 Å². The van der Waals surface area contributed by atoms with E-state index in [1.165, 1.54) is 12.1 Å². The molecule has 3 aliphatic heterocycles. The van der Waals surface area contributed by atoms with Gasteiger partial charge in [-0.1, -0.05) is 0 Å². The normalized spacial score (nSPS) is 24.1. The molecule has 1 amide bonds. The lowest BCUT2D eigenvalue weighted by Gasteiger charge is -2.32. The predicted octanol–water partition coefficient (Wildman–Crippen LogP) is 3.99. The van der Waals surface area contributed by atoms with E-state index < -0.39 is 11.4 Å². The lowest BCUT2D eigenvalue weighted by atomic mass is 9.93. The van der Waals surface area contributed by atoms with Crippen LogP contribution in [0.3, 0.4) is 0 Å². The van der Waals surface area contributed by atoms with Crippen molar-refractivity contribution in [1.29, 1.82) is 0 Å². The highest BCUT2D eigenvalue weighted by Crippen LogP contribution is 2.44. The second-order valence-corrected chi connectivity index (χ2v) is 9.10. The average Bonchev–Trinajstić information content (AvgIpc) is 3.28. The summed E-state index contributed by atoms with van der Waals surface area (Å²) in [6, 6.07) is 8.24. The third-order valence-electron chi connectivity index (χ3n) is 6.42. The van der Waals surface area contributed by atoms with Gasteiger partial charge in [0.25, 0.3) is 5.91 Å². The molecule has 6 nitrogen and oxygen atoms in total. The number of halogens is 1. The van der Waals surface area contributed by atoms with E-state index in [-0.39, 0.29) is 18.4 Å². The minimum absolute atomic E-state index is 0.199. The number of hydrogen-bond acceptors (Lipinski definition) is 5. The zero-order valence-corrected chi connectivity index (χ0v) is 18.2.